The van der Waals surface area contributed by atoms with E-state index in [4.69, 9.17) is 33.7 Å². The van der Waals surface area contributed by atoms with Crippen LogP contribution in [0.15, 0.2) is 36.4 Å². The number of ether oxygens (including phenoxy) is 1. The molecule has 3 rings (SSSR count). The van der Waals surface area contributed by atoms with Crippen molar-refractivity contribution in [3.05, 3.63) is 57.6 Å². The lowest BCUT2D eigenvalue weighted by atomic mass is 10.1. The average Bonchev–Trinajstić information content (AvgIpc) is 2.67. The summed E-state index contributed by atoms with van der Waals surface area (Å²) in [5, 5.41) is 2.97. The van der Waals surface area contributed by atoms with E-state index in [9.17, 15) is 4.79 Å². The van der Waals surface area contributed by atoms with E-state index in [-0.39, 0.29) is 5.91 Å². The predicted octanol–water partition coefficient (Wildman–Crippen LogP) is 3.05. The lowest BCUT2D eigenvalue weighted by Crippen LogP contribution is -2.53. The van der Waals surface area contributed by atoms with Crippen LogP contribution in [0.4, 0.5) is 5.69 Å². The van der Waals surface area contributed by atoms with Gasteiger partial charge in [0.2, 0.25) is 0 Å². The van der Waals surface area contributed by atoms with Crippen molar-refractivity contribution < 1.29 is 9.53 Å². The van der Waals surface area contributed by atoms with E-state index in [1.54, 1.807) is 6.07 Å². The molecule has 1 amide bonds. The summed E-state index contributed by atoms with van der Waals surface area (Å²) in [5.74, 6) is 0.135. The number of nitrogens with two attached hydrogens (primary N) is 1. The molecule has 0 atom stereocenters. The molecule has 1 heterocycles. The normalized spacial score (nSPS) is 15.5. The smallest absolute Gasteiger partial charge is 0.269 e. The predicted molar refractivity (Wildman–Crippen MR) is 108 cm³/mol. The monoisotopic (exact) mass is 408 g/mol. The number of rotatable bonds is 5. The van der Waals surface area contributed by atoms with Gasteiger partial charge in [-0.3, -0.25) is 15.1 Å². The van der Waals surface area contributed by atoms with Gasteiger partial charge in [-0.1, -0.05) is 35.3 Å². The Balaban J connectivity index is 1.55. The number of halogens is 2. The first kappa shape index (κ1) is 19.8. The van der Waals surface area contributed by atoms with Crippen molar-refractivity contribution in [2.24, 2.45) is 0 Å². The molecule has 0 saturated carbocycles. The number of nitrogens with one attached hydrogen (secondary N) is 1. The molecule has 1 fully saturated rings. The van der Waals surface area contributed by atoms with Gasteiger partial charge in [0.15, 0.2) is 0 Å². The highest BCUT2D eigenvalue weighted by Gasteiger charge is 2.21. The number of methoxy groups -OCH3 is 1. The fraction of sp³-hybridized carbons (Fsp3) is 0.316. The number of nitrogens with zero attached hydrogens (tertiary/aromatic N) is 2. The molecule has 0 aliphatic carbocycles. The molecule has 1 saturated heterocycles. The van der Waals surface area contributed by atoms with Gasteiger partial charge in [-0.2, -0.15) is 0 Å². The Hall–Kier alpha value is -1.99. The quantitative estimate of drug-likeness (QED) is 0.743. The molecule has 0 spiro atoms. The van der Waals surface area contributed by atoms with Gasteiger partial charge in [-0.05, 0) is 23.8 Å². The van der Waals surface area contributed by atoms with Crippen molar-refractivity contribution in [1.29, 1.82) is 0 Å². The minimum absolute atomic E-state index is 0.264. The Bertz CT molecular complexity index is 806. The van der Waals surface area contributed by atoms with E-state index < -0.39 is 0 Å². The number of amides is 1. The molecule has 144 valence electrons. The molecule has 1 aliphatic heterocycles. The first-order valence-corrected chi connectivity index (χ1v) is 9.37. The summed E-state index contributed by atoms with van der Waals surface area (Å²) >= 11 is 12.0. The number of hydrogen-bond acceptors (Lipinski definition) is 5. The summed E-state index contributed by atoms with van der Waals surface area (Å²) in [6.07, 6.45) is 0. The van der Waals surface area contributed by atoms with Crippen LogP contribution < -0.4 is 15.9 Å². The Labute approximate surface area is 168 Å². The van der Waals surface area contributed by atoms with Gasteiger partial charge in [0.25, 0.3) is 5.91 Å². The lowest BCUT2D eigenvalue weighted by molar-refractivity contribution is 0.0602. The molecule has 0 aromatic heterocycles. The summed E-state index contributed by atoms with van der Waals surface area (Å²) in [5.41, 5.74) is 10.6. The lowest BCUT2D eigenvalue weighted by Gasteiger charge is -2.34. The second-order valence-corrected chi connectivity index (χ2v) is 7.25. The van der Waals surface area contributed by atoms with Crippen LogP contribution in [0.25, 0.3) is 0 Å². The van der Waals surface area contributed by atoms with Crippen LogP contribution in [-0.2, 0) is 6.54 Å². The highest BCUT2D eigenvalue weighted by molar-refractivity contribution is 6.33. The Kier molecular flexibility index (Phi) is 6.44. The van der Waals surface area contributed by atoms with E-state index in [0.29, 0.717) is 22.0 Å². The standard InChI is InChI=1S/C19H22Cl2N4O2/c1-27-18-11-17(22)16(21)10-15(18)19(26)23-25-8-6-24(7-9-25)12-13-2-4-14(20)5-3-13/h2-5,10-11H,6-9,12,22H2,1H3,(H,23,26). The summed E-state index contributed by atoms with van der Waals surface area (Å²) < 4.78 is 5.25. The van der Waals surface area contributed by atoms with Crippen LogP contribution in [-0.4, -0.2) is 49.1 Å². The number of hydrazine groups is 1. The number of carbonyl (C=O) groups is 1. The third-order valence-electron chi connectivity index (χ3n) is 4.51. The number of hydrogen-bond donors (Lipinski definition) is 2. The summed E-state index contributed by atoms with van der Waals surface area (Å²) in [7, 11) is 1.50. The van der Waals surface area contributed by atoms with Gasteiger partial charge in [0.1, 0.15) is 5.75 Å². The van der Waals surface area contributed by atoms with Crippen LogP contribution in [0.2, 0.25) is 10.0 Å². The topological polar surface area (TPSA) is 70.8 Å². The molecule has 27 heavy (non-hydrogen) atoms. The van der Waals surface area contributed by atoms with Gasteiger partial charge in [0.05, 0.1) is 23.4 Å². The van der Waals surface area contributed by atoms with Crippen molar-refractivity contribution in [1.82, 2.24) is 15.3 Å². The Morgan fingerprint density at radius 2 is 1.81 bits per heavy atom. The summed E-state index contributed by atoms with van der Waals surface area (Å²) in [4.78, 5) is 14.9. The number of anilines is 1. The fourth-order valence-corrected chi connectivity index (χ4v) is 3.27. The third-order valence-corrected chi connectivity index (χ3v) is 5.09. The van der Waals surface area contributed by atoms with Crippen LogP contribution >= 0.6 is 23.2 Å². The Morgan fingerprint density at radius 3 is 2.44 bits per heavy atom. The highest BCUT2D eigenvalue weighted by Crippen LogP contribution is 2.28. The first-order chi connectivity index (χ1) is 13.0. The van der Waals surface area contributed by atoms with E-state index in [1.165, 1.54) is 18.7 Å². The Morgan fingerprint density at radius 1 is 1.15 bits per heavy atom. The molecule has 6 nitrogen and oxygen atoms in total. The molecule has 8 heteroatoms. The van der Waals surface area contributed by atoms with Crippen molar-refractivity contribution >= 4 is 34.8 Å². The highest BCUT2D eigenvalue weighted by atomic mass is 35.5. The van der Waals surface area contributed by atoms with Gasteiger partial charge < -0.3 is 10.5 Å². The van der Waals surface area contributed by atoms with Crippen molar-refractivity contribution in [2.45, 2.75) is 6.54 Å². The van der Waals surface area contributed by atoms with Crippen molar-refractivity contribution in [2.75, 3.05) is 39.0 Å². The second-order valence-electron chi connectivity index (χ2n) is 6.40. The summed E-state index contributed by atoms with van der Waals surface area (Å²) in [6.45, 7) is 4.01. The maximum absolute atomic E-state index is 12.6. The number of benzene rings is 2. The molecule has 0 radical (unpaired) electrons. The van der Waals surface area contributed by atoms with Crippen LogP contribution in [0.3, 0.4) is 0 Å². The molecule has 2 aromatic carbocycles. The molecular weight excluding hydrogens is 387 g/mol. The zero-order chi connectivity index (χ0) is 19.4. The maximum atomic E-state index is 12.6. The summed E-state index contributed by atoms with van der Waals surface area (Å²) in [6, 6.07) is 11.0. The van der Waals surface area contributed by atoms with Crippen molar-refractivity contribution in [3.8, 4) is 5.75 Å². The number of piperazine rings is 1. The van der Waals surface area contributed by atoms with Crippen LogP contribution in [0.5, 0.6) is 5.75 Å². The molecule has 2 aromatic rings. The van der Waals surface area contributed by atoms with E-state index >= 15 is 0 Å². The maximum Gasteiger partial charge on any atom is 0.269 e. The van der Waals surface area contributed by atoms with Gasteiger partial charge in [0, 0.05) is 43.8 Å². The fourth-order valence-electron chi connectivity index (χ4n) is 2.99. The molecule has 0 bridgehead atoms. The largest absolute Gasteiger partial charge is 0.496 e. The van der Waals surface area contributed by atoms with Gasteiger partial charge in [-0.15, -0.1) is 0 Å². The molecule has 0 unspecified atom stereocenters. The minimum atomic E-state index is -0.264. The third kappa shape index (κ3) is 5.05. The number of nitrogen functional groups attached to an aromatic ring is 1. The molecular formula is C19H22Cl2N4O2. The number of carbonyl (C=O) groups excluding carboxylic acids is 1. The zero-order valence-electron chi connectivity index (χ0n) is 15.0. The van der Waals surface area contributed by atoms with Crippen LogP contribution in [0.1, 0.15) is 15.9 Å². The van der Waals surface area contributed by atoms with E-state index in [2.05, 4.69) is 10.3 Å². The SMILES string of the molecule is COc1cc(N)c(Cl)cc1C(=O)NN1CCN(Cc2ccc(Cl)cc2)CC1. The second kappa shape index (κ2) is 8.80. The van der Waals surface area contributed by atoms with Gasteiger partial charge >= 0.3 is 0 Å². The van der Waals surface area contributed by atoms with Crippen LogP contribution in [0, 0.1) is 0 Å². The zero-order valence-corrected chi connectivity index (χ0v) is 16.6. The average molecular weight is 409 g/mol. The van der Waals surface area contributed by atoms with Crippen molar-refractivity contribution in [3.63, 3.8) is 0 Å². The van der Waals surface area contributed by atoms with E-state index in [0.717, 1.165) is 37.7 Å². The molecule has 1 aliphatic rings. The minimum Gasteiger partial charge on any atom is -0.496 e. The first-order valence-electron chi connectivity index (χ1n) is 8.62. The molecule has 3 N–H and O–H groups in total. The van der Waals surface area contributed by atoms with E-state index in [1.807, 2.05) is 29.3 Å². The van der Waals surface area contributed by atoms with Gasteiger partial charge in [-0.25, -0.2) is 5.01 Å².